The second-order valence-electron chi connectivity index (χ2n) is 2.52. The smallest absolute Gasteiger partial charge is 1.00 e. The summed E-state index contributed by atoms with van der Waals surface area (Å²) in [7, 11) is 0. The Kier molecular flexibility index (Phi) is 13.9. The Bertz CT molecular complexity index is 87.1. The van der Waals surface area contributed by atoms with Crippen LogP contribution in [0.2, 0.25) is 0 Å². The second kappa shape index (κ2) is 10.5. The van der Waals surface area contributed by atoms with E-state index in [-0.39, 0.29) is 53.3 Å². The van der Waals surface area contributed by atoms with Crippen molar-refractivity contribution < 1.29 is 33.5 Å². The van der Waals surface area contributed by atoms with Crippen LogP contribution in [0.25, 0.3) is 0 Å². The molecule has 1 rings (SSSR count). The fourth-order valence-electron chi connectivity index (χ4n) is 1.06. The van der Waals surface area contributed by atoms with Gasteiger partial charge in [-0.25, -0.2) is 0 Å². The Morgan fingerprint density at radius 3 is 2.25 bits per heavy atom. The fraction of sp³-hybridized carbons (Fsp3) is 0.875. The number of unbranched alkanes of at least 4 members (excludes halogenated alkanes) is 2. The molecule has 0 aromatic heterocycles. The van der Waals surface area contributed by atoms with Gasteiger partial charge in [0.15, 0.2) is 6.29 Å². The van der Waals surface area contributed by atoms with Crippen molar-refractivity contribution in [2.24, 2.45) is 0 Å². The monoisotopic (exact) mass is 294 g/mol. The summed E-state index contributed by atoms with van der Waals surface area (Å²) in [5, 5.41) is 0. The van der Waals surface area contributed by atoms with Crippen molar-refractivity contribution in [2.75, 3.05) is 13.2 Å². The molecule has 0 aromatic carbocycles. The minimum absolute atomic E-state index is 0. The van der Waals surface area contributed by atoms with Crippen LogP contribution in [-0.2, 0) is 9.47 Å². The Balaban J connectivity index is 0. The zero-order valence-corrected chi connectivity index (χ0v) is 11.0. The van der Waals surface area contributed by atoms with Gasteiger partial charge in [0.05, 0.1) is 13.2 Å². The van der Waals surface area contributed by atoms with E-state index < -0.39 is 0 Å². The van der Waals surface area contributed by atoms with Crippen LogP contribution in [0.3, 0.4) is 0 Å². The van der Waals surface area contributed by atoms with Crippen LogP contribution in [0.1, 0.15) is 25.7 Å². The third kappa shape index (κ3) is 6.88. The molecule has 0 atom stereocenters. The maximum Gasteiger partial charge on any atom is 2.00 e. The SMILES string of the molecule is [CH2-]CCCCC1OCCO1.[I-].[Mg+2]. The molecule has 68 valence electrons. The Morgan fingerprint density at radius 2 is 1.75 bits per heavy atom. The summed E-state index contributed by atoms with van der Waals surface area (Å²) < 4.78 is 10.5. The van der Waals surface area contributed by atoms with Crippen molar-refractivity contribution in [3.8, 4) is 0 Å². The van der Waals surface area contributed by atoms with Crippen LogP contribution < -0.4 is 24.0 Å². The van der Waals surface area contributed by atoms with Crippen molar-refractivity contribution in [1.82, 2.24) is 0 Å². The summed E-state index contributed by atoms with van der Waals surface area (Å²) in [6.07, 6.45) is 4.51. The van der Waals surface area contributed by atoms with Gasteiger partial charge < -0.3 is 40.4 Å². The third-order valence-electron chi connectivity index (χ3n) is 1.63. The average Bonchev–Trinajstić information content (AvgIpc) is 2.41. The number of hydrogen-bond donors (Lipinski definition) is 0. The van der Waals surface area contributed by atoms with Gasteiger partial charge in [0, 0.05) is 0 Å². The van der Waals surface area contributed by atoms with Crippen molar-refractivity contribution in [3.63, 3.8) is 0 Å². The summed E-state index contributed by atoms with van der Waals surface area (Å²) >= 11 is 0. The van der Waals surface area contributed by atoms with E-state index in [1.807, 2.05) is 0 Å². The molecule has 1 heterocycles. The van der Waals surface area contributed by atoms with E-state index in [9.17, 15) is 0 Å². The first-order chi connectivity index (χ1) is 4.93. The maximum atomic E-state index is 5.26. The molecule has 12 heavy (non-hydrogen) atoms. The van der Waals surface area contributed by atoms with E-state index >= 15 is 0 Å². The number of ether oxygens (including phenoxy) is 2. The second-order valence-corrected chi connectivity index (χ2v) is 2.52. The molecular formula is C8H15IMgO2. The van der Waals surface area contributed by atoms with Crippen molar-refractivity contribution in [3.05, 3.63) is 6.92 Å². The molecule has 0 aromatic rings. The summed E-state index contributed by atoms with van der Waals surface area (Å²) in [4.78, 5) is 0. The normalized spacial score (nSPS) is 16.8. The first-order valence-electron chi connectivity index (χ1n) is 3.96. The van der Waals surface area contributed by atoms with Crippen molar-refractivity contribution in [1.29, 1.82) is 0 Å². The van der Waals surface area contributed by atoms with Gasteiger partial charge in [0.2, 0.25) is 0 Å². The molecule has 0 unspecified atom stereocenters. The minimum atomic E-state index is 0. The van der Waals surface area contributed by atoms with E-state index in [2.05, 4.69) is 6.92 Å². The molecule has 2 nitrogen and oxygen atoms in total. The van der Waals surface area contributed by atoms with E-state index in [4.69, 9.17) is 9.47 Å². The molecule has 0 saturated carbocycles. The number of halogens is 1. The number of rotatable bonds is 4. The average molecular weight is 294 g/mol. The Morgan fingerprint density at radius 1 is 1.17 bits per heavy atom. The molecule has 0 radical (unpaired) electrons. The summed E-state index contributed by atoms with van der Waals surface area (Å²) in [6, 6.07) is 0. The van der Waals surface area contributed by atoms with E-state index in [1.165, 1.54) is 12.8 Å². The molecule has 0 amide bonds. The predicted octanol–water partition coefficient (Wildman–Crippen LogP) is -1.62. The van der Waals surface area contributed by atoms with E-state index in [1.54, 1.807) is 0 Å². The molecule has 1 aliphatic heterocycles. The zero-order chi connectivity index (χ0) is 7.23. The first kappa shape index (κ1) is 15.9. The summed E-state index contributed by atoms with van der Waals surface area (Å²) in [6.45, 7) is 5.31. The van der Waals surface area contributed by atoms with E-state index in [0.717, 1.165) is 26.1 Å². The maximum absolute atomic E-state index is 5.26. The predicted molar refractivity (Wildman–Crippen MR) is 45.3 cm³/mol. The van der Waals surface area contributed by atoms with Crippen LogP contribution in [0.15, 0.2) is 0 Å². The van der Waals surface area contributed by atoms with Crippen molar-refractivity contribution >= 4 is 23.1 Å². The van der Waals surface area contributed by atoms with Crippen LogP contribution >= 0.6 is 0 Å². The minimum Gasteiger partial charge on any atom is -1.00 e. The third-order valence-corrected chi connectivity index (χ3v) is 1.63. The molecule has 1 aliphatic rings. The van der Waals surface area contributed by atoms with Gasteiger partial charge in [-0.1, -0.05) is 12.8 Å². The topological polar surface area (TPSA) is 18.5 Å². The molecule has 1 saturated heterocycles. The first-order valence-corrected chi connectivity index (χ1v) is 3.96. The van der Waals surface area contributed by atoms with Gasteiger partial charge in [-0.3, -0.25) is 0 Å². The van der Waals surface area contributed by atoms with Crippen molar-refractivity contribution in [2.45, 2.75) is 32.0 Å². The largest absolute Gasteiger partial charge is 2.00 e. The molecule has 4 heteroatoms. The molecular weight excluding hydrogens is 279 g/mol. The molecule has 0 spiro atoms. The van der Waals surface area contributed by atoms with Gasteiger partial charge in [0.25, 0.3) is 0 Å². The Hall–Kier alpha value is 1.42. The van der Waals surface area contributed by atoms with Crippen LogP contribution in [0.4, 0.5) is 0 Å². The molecule has 1 fully saturated rings. The van der Waals surface area contributed by atoms with Crippen LogP contribution in [0, 0.1) is 6.92 Å². The fourth-order valence-corrected chi connectivity index (χ4v) is 1.06. The molecule has 0 bridgehead atoms. The molecule has 0 aliphatic carbocycles. The van der Waals surface area contributed by atoms with Gasteiger partial charge in [0.1, 0.15) is 0 Å². The summed E-state index contributed by atoms with van der Waals surface area (Å²) in [5.74, 6) is 0. The Labute approximate surface area is 108 Å². The molecule has 0 N–H and O–H groups in total. The summed E-state index contributed by atoms with van der Waals surface area (Å²) in [5.41, 5.74) is 0. The van der Waals surface area contributed by atoms with Gasteiger partial charge in [-0.15, -0.1) is 0 Å². The number of hydrogen-bond acceptors (Lipinski definition) is 2. The zero-order valence-electron chi connectivity index (χ0n) is 7.43. The van der Waals surface area contributed by atoms with Gasteiger partial charge >= 0.3 is 23.1 Å². The quantitative estimate of drug-likeness (QED) is 0.268. The van der Waals surface area contributed by atoms with Crippen LogP contribution in [0.5, 0.6) is 0 Å². The van der Waals surface area contributed by atoms with Crippen LogP contribution in [-0.4, -0.2) is 42.6 Å². The van der Waals surface area contributed by atoms with E-state index in [0.29, 0.717) is 0 Å². The van der Waals surface area contributed by atoms with Gasteiger partial charge in [-0.2, -0.15) is 6.42 Å². The van der Waals surface area contributed by atoms with Gasteiger partial charge in [-0.05, 0) is 6.42 Å². The standard InChI is InChI=1S/C8H15O2.HI.Mg/c1-2-3-4-5-8-9-6-7-10-8;;/h8H,1-7H2;1H;/q-1;;+2/p-1.